The van der Waals surface area contributed by atoms with Gasteiger partial charge in [0.15, 0.2) is 0 Å². The third kappa shape index (κ3) is 6.09. The monoisotopic (exact) mass is 448 g/mol. The van der Waals surface area contributed by atoms with Gasteiger partial charge < -0.3 is 5.32 Å². The first-order valence-corrected chi connectivity index (χ1v) is 12.1. The van der Waals surface area contributed by atoms with Crippen LogP contribution in [0.3, 0.4) is 0 Å². The summed E-state index contributed by atoms with van der Waals surface area (Å²) in [5, 5.41) is 3.30. The molecule has 158 valence electrons. The molecule has 28 heavy (non-hydrogen) atoms. The van der Waals surface area contributed by atoms with Crippen LogP contribution in [0.4, 0.5) is 0 Å². The van der Waals surface area contributed by atoms with Gasteiger partial charge in [0, 0.05) is 25.0 Å². The van der Waals surface area contributed by atoms with E-state index in [1.54, 1.807) is 6.07 Å². The molecule has 0 aliphatic carbocycles. The Bertz CT molecular complexity index is 755. The molecule has 0 bridgehead atoms. The van der Waals surface area contributed by atoms with Crippen molar-refractivity contribution < 1.29 is 13.2 Å². The van der Waals surface area contributed by atoms with Gasteiger partial charge in [-0.05, 0) is 44.2 Å². The van der Waals surface area contributed by atoms with Gasteiger partial charge in [-0.3, -0.25) is 4.79 Å². The van der Waals surface area contributed by atoms with E-state index in [1.165, 1.54) is 16.4 Å². The lowest BCUT2D eigenvalue weighted by atomic mass is 9.96. The minimum Gasteiger partial charge on any atom is -0.353 e. The Kier molecular flexibility index (Phi) is 8.61. The largest absolute Gasteiger partial charge is 0.353 e. The number of piperidine rings is 1. The van der Waals surface area contributed by atoms with Crippen LogP contribution in [0, 0.1) is 11.8 Å². The highest BCUT2D eigenvalue weighted by Gasteiger charge is 2.34. The Balaban J connectivity index is 1.91. The van der Waals surface area contributed by atoms with Crippen molar-refractivity contribution in [1.29, 1.82) is 0 Å². The standard InChI is InChI=1S/C20H30Cl2N2O3S/c1-14(2)6-4-7-15(3)23-20(25)16-10-12-24(13-11-16)28(26,27)19-17(21)8-5-9-18(19)22/h5,8-9,14-16H,4,6-7,10-13H2,1-3H3,(H,23,25). The Morgan fingerprint density at radius 3 is 2.25 bits per heavy atom. The highest BCUT2D eigenvalue weighted by atomic mass is 35.5. The fourth-order valence-electron chi connectivity index (χ4n) is 3.48. The molecule has 1 aromatic carbocycles. The molecule has 0 radical (unpaired) electrons. The molecule has 0 spiro atoms. The van der Waals surface area contributed by atoms with Gasteiger partial charge in [-0.2, -0.15) is 4.31 Å². The number of benzene rings is 1. The number of hydrogen-bond acceptors (Lipinski definition) is 3. The molecule has 1 N–H and O–H groups in total. The molecular weight excluding hydrogens is 419 g/mol. The average Bonchev–Trinajstić information content (AvgIpc) is 2.61. The smallest absolute Gasteiger partial charge is 0.246 e. The SMILES string of the molecule is CC(C)CCCC(C)NC(=O)C1CCN(S(=O)(=O)c2c(Cl)cccc2Cl)CC1. The molecule has 1 amide bonds. The average molecular weight is 449 g/mol. The third-order valence-electron chi connectivity index (χ3n) is 5.15. The summed E-state index contributed by atoms with van der Waals surface area (Å²) < 4.78 is 27.2. The summed E-state index contributed by atoms with van der Waals surface area (Å²) >= 11 is 12.2. The molecule has 2 rings (SSSR count). The van der Waals surface area contributed by atoms with Gasteiger partial charge >= 0.3 is 0 Å². The summed E-state index contributed by atoms with van der Waals surface area (Å²) in [6, 6.07) is 4.78. The van der Waals surface area contributed by atoms with Gasteiger partial charge in [-0.15, -0.1) is 0 Å². The first-order valence-electron chi connectivity index (χ1n) is 9.87. The van der Waals surface area contributed by atoms with E-state index in [0.29, 0.717) is 18.8 Å². The first kappa shape index (κ1) is 23.5. The van der Waals surface area contributed by atoms with Gasteiger partial charge in [0.05, 0.1) is 10.0 Å². The summed E-state index contributed by atoms with van der Waals surface area (Å²) in [5.74, 6) is 0.520. The normalized spacial score (nSPS) is 17.6. The van der Waals surface area contributed by atoms with Crippen molar-refractivity contribution in [1.82, 2.24) is 9.62 Å². The van der Waals surface area contributed by atoms with Gasteiger partial charge in [-0.25, -0.2) is 8.42 Å². The van der Waals surface area contributed by atoms with Crippen LogP contribution in [0.15, 0.2) is 23.1 Å². The lowest BCUT2D eigenvalue weighted by molar-refractivity contribution is -0.126. The number of carbonyl (C=O) groups is 1. The van der Waals surface area contributed by atoms with Gasteiger partial charge in [0.2, 0.25) is 15.9 Å². The van der Waals surface area contributed by atoms with Crippen LogP contribution in [0.5, 0.6) is 0 Å². The molecule has 0 saturated carbocycles. The molecule has 1 atom stereocenters. The Hall–Kier alpha value is -0.820. The minimum absolute atomic E-state index is 0.0184. The fraction of sp³-hybridized carbons (Fsp3) is 0.650. The zero-order chi connectivity index (χ0) is 20.9. The molecular formula is C20H30Cl2N2O3S. The maximum Gasteiger partial charge on any atom is 0.246 e. The second-order valence-corrected chi connectivity index (χ2v) is 10.7. The predicted octanol–water partition coefficient (Wildman–Crippen LogP) is 4.73. The van der Waals surface area contributed by atoms with Crippen LogP contribution in [0.25, 0.3) is 0 Å². The molecule has 0 aromatic heterocycles. The highest BCUT2D eigenvalue weighted by Crippen LogP contribution is 2.33. The van der Waals surface area contributed by atoms with E-state index >= 15 is 0 Å². The molecule has 8 heteroatoms. The number of nitrogens with one attached hydrogen (secondary N) is 1. The van der Waals surface area contributed by atoms with Crippen LogP contribution in [0.2, 0.25) is 10.0 Å². The van der Waals surface area contributed by atoms with E-state index < -0.39 is 10.0 Å². The Morgan fingerprint density at radius 2 is 1.71 bits per heavy atom. The summed E-state index contributed by atoms with van der Waals surface area (Å²) in [5.41, 5.74) is 0. The molecule has 1 aromatic rings. The van der Waals surface area contributed by atoms with Crippen LogP contribution in [-0.2, 0) is 14.8 Å². The second kappa shape index (κ2) is 10.3. The fourth-order valence-corrected chi connectivity index (χ4v) is 6.04. The van der Waals surface area contributed by atoms with E-state index in [0.717, 1.165) is 19.3 Å². The van der Waals surface area contributed by atoms with Crippen molar-refractivity contribution in [3.05, 3.63) is 28.2 Å². The molecule has 1 saturated heterocycles. The quantitative estimate of drug-likeness (QED) is 0.624. The number of hydrogen-bond donors (Lipinski definition) is 1. The number of nitrogens with zero attached hydrogens (tertiary/aromatic N) is 1. The van der Waals surface area contributed by atoms with Crippen molar-refractivity contribution in [3.63, 3.8) is 0 Å². The van der Waals surface area contributed by atoms with Crippen LogP contribution >= 0.6 is 23.2 Å². The number of carbonyl (C=O) groups excluding carboxylic acids is 1. The van der Waals surface area contributed by atoms with E-state index in [9.17, 15) is 13.2 Å². The number of halogens is 2. The maximum atomic E-state index is 12.9. The zero-order valence-electron chi connectivity index (χ0n) is 16.7. The Labute approximate surface area is 178 Å². The van der Waals surface area contributed by atoms with Crippen molar-refractivity contribution >= 4 is 39.1 Å². The molecule has 1 unspecified atom stereocenters. The third-order valence-corrected chi connectivity index (χ3v) is 8.00. The first-order chi connectivity index (χ1) is 13.1. The lowest BCUT2D eigenvalue weighted by Crippen LogP contribution is -2.44. The van der Waals surface area contributed by atoms with Crippen LogP contribution in [-0.4, -0.2) is 37.8 Å². The molecule has 5 nitrogen and oxygen atoms in total. The van der Waals surface area contributed by atoms with Crippen molar-refractivity contribution in [2.24, 2.45) is 11.8 Å². The van der Waals surface area contributed by atoms with Gasteiger partial charge in [0.1, 0.15) is 4.90 Å². The van der Waals surface area contributed by atoms with Crippen molar-refractivity contribution in [3.8, 4) is 0 Å². The van der Waals surface area contributed by atoms with Crippen molar-refractivity contribution in [2.75, 3.05) is 13.1 Å². The van der Waals surface area contributed by atoms with Crippen molar-refractivity contribution in [2.45, 2.75) is 63.8 Å². The van der Waals surface area contributed by atoms with Gasteiger partial charge in [0.25, 0.3) is 0 Å². The van der Waals surface area contributed by atoms with E-state index in [4.69, 9.17) is 23.2 Å². The van der Waals surface area contributed by atoms with Crippen LogP contribution in [0.1, 0.15) is 52.9 Å². The van der Waals surface area contributed by atoms with Gasteiger partial charge in [-0.1, -0.05) is 56.0 Å². The molecule has 1 aliphatic heterocycles. The number of rotatable bonds is 8. The molecule has 1 heterocycles. The second-order valence-electron chi connectivity index (χ2n) is 7.96. The Morgan fingerprint density at radius 1 is 1.14 bits per heavy atom. The highest BCUT2D eigenvalue weighted by molar-refractivity contribution is 7.89. The predicted molar refractivity (Wildman–Crippen MR) is 114 cm³/mol. The summed E-state index contributed by atoms with van der Waals surface area (Å²) in [6.45, 7) is 6.98. The number of amides is 1. The summed E-state index contributed by atoms with van der Waals surface area (Å²) in [6.07, 6.45) is 4.19. The van der Waals surface area contributed by atoms with Crippen LogP contribution < -0.4 is 5.32 Å². The number of sulfonamides is 1. The molecule has 1 fully saturated rings. The lowest BCUT2D eigenvalue weighted by Gasteiger charge is -2.31. The topological polar surface area (TPSA) is 66.5 Å². The summed E-state index contributed by atoms with van der Waals surface area (Å²) in [4.78, 5) is 12.5. The van der Waals surface area contributed by atoms with E-state index in [2.05, 4.69) is 19.2 Å². The zero-order valence-corrected chi connectivity index (χ0v) is 19.1. The van der Waals surface area contributed by atoms with E-state index in [1.807, 2.05) is 6.92 Å². The summed E-state index contributed by atoms with van der Waals surface area (Å²) in [7, 11) is -3.78. The maximum absolute atomic E-state index is 12.9. The molecule has 1 aliphatic rings. The minimum atomic E-state index is -3.78. The van der Waals surface area contributed by atoms with E-state index in [-0.39, 0.29) is 45.9 Å².